The number of carbonyl (C=O) groups is 1. The zero-order valence-corrected chi connectivity index (χ0v) is 14.5. The predicted octanol–water partition coefficient (Wildman–Crippen LogP) is 2.51. The Balaban J connectivity index is 1.67. The molecule has 1 saturated heterocycles. The van der Waals surface area contributed by atoms with E-state index in [1.807, 2.05) is 30.0 Å². The van der Waals surface area contributed by atoms with Crippen molar-refractivity contribution in [2.24, 2.45) is 0 Å². The second kappa shape index (κ2) is 6.42. The van der Waals surface area contributed by atoms with Gasteiger partial charge in [0, 0.05) is 29.8 Å². The lowest BCUT2D eigenvalue weighted by molar-refractivity contribution is 0.00387. The molecule has 0 saturated carbocycles. The van der Waals surface area contributed by atoms with Gasteiger partial charge in [0.25, 0.3) is 5.91 Å². The second-order valence-electron chi connectivity index (χ2n) is 6.07. The summed E-state index contributed by atoms with van der Waals surface area (Å²) < 4.78 is 5.40. The van der Waals surface area contributed by atoms with Gasteiger partial charge < -0.3 is 14.6 Å². The Morgan fingerprint density at radius 3 is 3.00 bits per heavy atom. The number of aromatic nitrogens is 2. The van der Waals surface area contributed by atoms with Gasteiger partial charge in [-0.05, 0) is 31.2 Å². The molecule has 3 aromatic rings. The standard InChI is InChI=1S/C18H17N3O3S/c1-11-10-24-7-6-21(11)18(23)15-8-12-2-4-14(20-17(12)25-15)13-3-5-16(22)19-9-13/h2-5,8-9,11H,6-7,10H2,1H3,(H,19,22)/t11-/m0/s1. The van der Waals surface area contributed by atoms with E-state index < -0.39 is 0 Å². The highest BCUT2D eigenvalue weighted by Gasteiger charge is 2.26. The predicted molar refractivity (Wildman–Crippen MR) is 97.0 cm³/mol. The van der Waals surface area contributed by atoms with Crippen molar-refractivity contribution in [1.82, 2.24) is 14.9 Å². The smallest absolute Gasteiger partial charge is 0.264 e. The molecule has 6 nitrogen and oxygen atoms in total. The van der Waals surface area contributed by atoms with E-state index in [9.17, 15) is 9.59 Å². The fourth-order valence-electron chi connectivity index (χ4n) is 2.92. The third-order valence-electron chi connectivity index (χ3n) is 4.30. The van der Waals surface area contributed by atoms with Crippen LogP contribution in [0.5, 0.6) is 0 Å². The van der Waals surface area contributed by atoms with E-state index in [1.165, 1.54) is 17.4 Å². The topological polar surface area (TPSA) is 75.3 Å². The lowest BCUT2D eigenvalue weighted by Crippen LogP contribution is -2.46. The quantitative estimate of drug-likeness (QED) is 0.766. The van der Waals surface area contributed by atoms with E-state index in [0.717, 1.165) is 21.5 Å². The Hall–Kier alpha value is -2.51. The number of H-pyrrole nitrogens is 1. The number of rotatable bonds is 2. The molecule has 3 aromatic heterocycles. The molecular formula is C18H17N3O3S. The first kappa shape index (κ1) is 16.0. The van der Waals surface area contributed by atoms with Gasteiger partial charge in [-0.15, -0.1) is 11.3 Å². The zero-order chi connectivity index (χ0) is 17.4. The Morgan fingerprint density at radius 2 is 2.24 bits per heavy atom. The molecule has 1 atom stereocenters. The van der Waals surface area contributed by atoms with Gasteiger partial charge in [0.15, 0.2) is 0 Å². The summed E-state index contributed by atoms with van der Waals surface area (Å²) in [5.74, 6) is 0.0318. The third-order valence-corrected chi connectivity index (χ3v) is 5.33. The Morgan fingerprint density at radius 1 is 1.36 bits per heavy atom. The minimum atomic E-state index is -0.145. The number of hydrogen-bond acceptors (Lipinski definition) is 5. The fraction of sp³-hybridized carbons (Fsp3) is 0.278. The molecule has 25 heavy (non-hydrogen) atoms. The molecule has 0 unspecified atom stereocenters. The van der Waals surface area contributed by atoms with Crippen LogP contribution in [0.1, 0.15) is 16.6 Å². The van der Waals surface area contributed by atoms with Crippen LogP contribution >= 0.6 is 11.3 Å². The highest BCUT2D eigenvalue weighted by atomic mass is 32.1. The van der Waals surface area contributed by atoms with Crippen LogP contribution in [0.15, 0.2) is 41.3 Å². The third kappa shape index (κ3) is 3.08. The minimum absolute atomic E-state index is 0.0318. The summed E-state index contributed by atoms with van der Waals surface area (Å²) in [6.45, 7) is 3.77. The lowest BCUT2D eigenvalue weighted by Gasteiger charge is -2.32. The van der Waals surface area contributed by atoms with Gasteiger partial charge in [0.1, 0.15) is 4.83 Å². The number of thiophene rings is 1. The summed E-state index contributed by atoms with van der Waals surface area (Å²) in [5.41, 5.74) is 1.46. The number of nitrogens with zero attached hydrogens (tertiary/aromatic N) is 2. The molecule has 0 radical (unpaired) electrons. The molecule has 0 bridgehead atoms. The first-order chi connectivity index (χ1) is 12.1. The van der Waals surface area contributed by atoms with Gasteiger partial charge in [-0.1, -0.05) is 0 Å². The van der Waals surface area contributed by atoms with E-state index in [4.69, 9.17) is 4.74 Å². The van der Waals surface area contributed by atoms with Crippen molar-refractivity contribution < 1.29 is 9.53 Å². The van der Waals surface area contributed by atoms with E-state index in [-0.39, 0.29) is 17.5 Å². The number of hydrogen-bond donors (Lipinski definition) is 1. The number of pyridine rings is 2. The van der Waals surface area contributed by atoms with Crippen LogP contribution in [-0.2, 0) is 4.74 Å². The van der Waals surface area contributed by atoms with E-state index in [1.54, 1.807) is 12.3 Å². The first-order valence-corrected chi connectivity index (χ1v) is 8.92. The molecule has 0 spiro atoms. The highest BCUT2D eigenvalue weighted by molar-refractivity contribution is 7.20. The van der Waals surface area contributed by atoms with Crippen LogP contribution in [-0.4, -0.2) is 46.6 Å². The maximum Gasteiger partial charge on any atom is 0.264 e. The average Bonchev–Trinajstić information content (AvgIpc) is 3.05. The zero-order valence-electron chi connectivity index (χ0n) is 13.7. The average molecular weight is 355 g/mol. The molecule has 1 N–H and O–H groups in total. The number of morpholine rings is 1. The van der Waals surface area contributed by atoms with Crippen LogP contribution in [0.25, 0.3) is 21.5 Å². The molecule has 0 aromatic carbocycles. The summed E-state index contributed by atoms with van der Waals surface area (Å²) in [7, 11) is 0. The number of aromatic amines is 1. The van der Waals surface area contributed by atoms with Crippen LogP contribution in [0.2, 0.25) is 0 Å². The van der Waals surface area contributed by atoms with Crippen molar-refractivity contribution in [3.8, 4) is 11.3 Å². The van der Waals surface area contributed by atoms with Gasteiger partial charge >= 0.3 is 0 Å². The Labute approximate surface area is 148 Å². The van der Waals surface area contributed by atoms with E-state index >= 15 is 0 Å². The van der Waals surface area contributed by atoms with Crippen molar-refractivity contribution in [3.05, 3.63) is 51.8 Å². The normalized spacial score (nSPS) is 17.8. The largest absolute Gasteiger partial charge is 0.377 e. The molecule has 4 heterocycles. The molecule has 1 aliphatic rings. The molecule has 0 aliphatic carbocycles. The van der Waals surface area contributed by atoms with Crippen molar-refractivity contribution in [3.63, 3.8) is 0 Å². The van der Waals surface area contributed by atoms with Gasteiger partial charge in [0.05, 0.1) is 29.8 Å². The molecule has 128 valence electrons. The summed E-state index contributed by atoms with van der Waals surface area (Å²) in [6.07, 6.45) is 1.64. The van der Waals surface area contributed by atoms with Crippen LogP contribution < -0.4 is 5.56 Å². The first-order valence-electron chi connectivity index (χ1n) is 8.10. The second-order valence-corrected chi connectivity index (χ2v) is 7.10. The highest BCUT2D eigenvalue weighted by Crippen LogP contribution is 2.28. The van der Waals surface area contributed by atoms with E-state index in [0.29, 0.717) is 24.6 Å². The number of nitrogens with one attached hydrogen (secondary N) is 1. The van der Waals surface area contributed by atoms with Crippen molar-refractivity contribution in [1.29, 1.82) is 0 Å². The van der Waals surface area contributed by atoms with Gasteiger partial charge in [-0.25, -0.2) is 4.98 Å². The summed E-state index contributed by atoms with van der Waals surface area (Å²) >= 11 is 1.40. The maximum absolute atomic E-state index is 12.8. The van der Waals surface area contributed by atoms with Gasteiger partial charge in [0.2, 0.25) is 5.56 Å². The SMILES string of the molecule is C[C@H]1COCCN1C(=O)c1cc2ccc(-c3ccc(=O)[nH]c3)nc2s1. The molecule has 7 heteroatoms. The van der Waals surface area contributed by atoms with Crippen LogP contribution in [0.3, 0.4) is 0 Å². The molecule has 1 fully saturated rings. The van der Waals surface area contributed by atoms with Crippen molar-refractivity contribution >= 4 is 27.5 Å². The molecule has 1 aliphatic heterocycles. The Bertz CT molecular complexity index is 974. The van der Waals surface area contributed by atoms with Gasteiger partial charge in [-0.2, -0.15) is 0 Å². The molecule has 4 rings (SSSR count). The van der Waals surface area contributed by atoms with Gasteiger partial charge in [-0.3, -0.25) is 9.59 Å². The van der Waals surface area contributed by atoms with Crippen molar-refractivity contribution in [2.45, 2.75) is 13.0 Å². The van der Waals surface area contributed by atoms with E-state index in [2.05, 4.69) is 9.97 Å². The number of ether oxygens (including phenoxy) is 1. The summed E-state index contributed by atoms with van der Waals surface area (Å²) in [5, 5.41) is 0.947. The van der Waals surface area contributed by atoms with Crippen molar-refractivity contribution in [2.75, 3.05) is 19.8 Å². The summed E-state index contributed by atoms with van der Waals surface area (Å²) in [4.78, 5) is 34.6. The molecule has 1 amide bonds. The maximum atomic E-state index is 12.8. The fourth-order valence-corrected chi connectivity index (χ4v) is 3.91. The number of carbonyl (C=O) groups excluding carboxylic acids is 1. The number of amides is 1. The summed E-state index contributed by atoms with van der Waals surface area (Å²) in [6, 6.07) is 9.05. The number of fused-ring (bicyclic) bond motifs is 1. The lowest BCUT2D eigenvalue weighted by atomic mass is 10.2. The van der Waals surface area contributed by atoms with Crippen LogP contribution in [0, 0.1) is 0 Å². The van der Waals surface area contributed by atoms with Crippen LogP contribution in [0.4, 0.5) is 0 Å². The monoisotopic (exact) mass is 355 g/mol. The molecular weight excluding hydrogens is 338 g/mol. The minimum Gasteiger partial charge on any atom is -0.377 e. The Kier molecular flexibility index (Phi) is 4.10.